The summed E-state index contributed by atoms with van der Waals surface area (Å²) in [6.07, 6.45) is 1.85. The largest absolute Gasteiger partial charge is 0.412 e. The molecule has 0 aliphatic carbocycles. The lowest BCUT2D eigenvalue weighted by Crippen LogP contribution is -2.27. The minimum atomic E-state index is -0.611. The molecule has 2 rings (SSSR count). The number of rotatable bonds is 8. The van der Waals surface area contributed by atoms with Crippen LogP contribution in [0.4, 0.5) is 14.4 Å². The fraction of sp³-hybridized carbons (Fsp3) is 0.261. The highest BCUT2D eigenvalue weighted by Crippen LogP contribution is 2.25. The van der Waals surface area contributed by atoms with Gasteiger partial charge in [0.25, 0.3) is 0 Å². The maximum Gasteiger partial charge on any atom is 0.412 e. The topological polar surface area (TPSA) is 115 Å². The van der Waals surface area contributed by atoms with Crippen LogP contribution in [0.5, 0.6) is 17.2 Å². The SMILES string of the molecule is CCNC(=O)Oc1ccc(/C=C/c2cc(OC(=O)NCC)cc(OC(=O)NCC)c2)cc1. The highest BCUT2D eigenvalue weighted by atomic mass is 16.6. The lowest BCUT2D eigenvalue weighted by molar-refractivity contribution is 0.198. The predicted molar refractivity (Wildman–Crippen MR) is 121 cm³/mol. The minimum absolute atomic E-state index is 0.225. The molecule has 0 radical (unpaired) electrons. The third-order valence-electron chi connectivity index (χ3n) is 3.85. The lowest BCUT2D eigenvalue weighted by atomic mass is 10.1. The van der Waals surface area contributed by atoms with E-state index in [0.717, 1.165) is 5.56 Å². The first-order valence-corrected chi connectivity index (χ1v) is 10.2. The van der Waals surface area contributed by atoms with Gasteiger partial charge in [0, 0.05) is 25.7 Å². The van der Waals surface area contributed by atoms with Crippen molar-refractivity contribution in [1.82, 2.24) is 16.0 Å². The molecule has 9 heteroatoms. The number of carbonyl (C=O) groups is 3. The van der Waals surface area contributed by atoms with Crippen molar-refractivity contribution >= 4 is 30.4 Å². The molecule has 0 aliphatic rings. The number of hydrogen-bond acceptors (Lipinski definition) is 6. The van der Waals surface area contributed by atoms with Crippen LogP contribution in [0.1, 0.15) is 31.9 Å². The van der Waals surface area contributed by atoms with Crippen LogP contribution in [0.15, 0.2) is 42.5 Å². The van der Waals surface area contributed by atoms with Gasteiger partial charge >= 0.3 is 18.3 Å². The van der Waals surface area contributed by atoms with Crippen molar-refractivity contribution in [3.05, 3.63) is 53.6 Å². The fourth-order valence-electron chi connectivity index (χ4n) is 2.51. The van der Waals surface area contributed by atoms with Crippen molar-refractivity contribution in [1.29, 1.82) is 0 Å². The van der Waals surface area contributed by atoms with Crippen molar-refractivity contribution in [2.24, 2.45) is 0 Å². The van der Waals surface area contributed by atoms with E-state index in [4.69, 9.17) is 14.2 Å². The number of benzene rings is 2. The van der Waals surface area contributed by atoms with Crippen LogP contribution >= 0.6 is 0 Å². The van der Waals surface area contributed by atoms with Gasteiger partial charge in [-0.3, -0.25) is 0 Å². The molecule has 0 aromatic heterocycles. The Bertz CT molecular complexity index is 918. The Morgan fingerprint density at radius 1 is 0.625 bits per heavy atom. The highest BCUT2D eigenvalue weighted by molar-refractivity contribution is 5.76. The van der Waals surface area contributed by atoms with Crippen LogP contribution in [-0.2, 0) is 0 Å². The van der Waals surface area contributed by atoms with E-state index in [0.29, 0.717) is 30.9 Å². The molecule has 3 amide bonds. The Labute approximate surface area is 186 Å². The van der Waals surface area contributed by atoms with E-state index in [1.807, 2.05) is 6.08 Å². The standard InChI is InChI=1S/C23H27N3O6/c1-4-24-21(27)30-18-11-9-16(10-12-18)7-8-17-13-19(31-22(28)25-5-2)15-20(14-17)32-23(29)26-6-3/h7-15H,4-6H2,1-3H3,(H,24,27)(H,25,28)(H,26,29)/b8-7+. The van der Waals surface area contributed by atoms with E-state index in [2.05, 4.69) is 16.0 Å². The Morgan fingerprint density at radius 2 is 1.03 bits per heavy atom. The van der Waals surface area contributed by atoms with Crippen molar-refractivity contribution in [3.63, 3.8) is 0 Å². The number of nitrogens with one attached hydrogen (secondary N) is 3. The van der Waals surface area contributed by atoms with E-state index in [9.17, 15) is 14.4 Å². The third-order valence-corrected chi connectivity index (χ3v) is 3.85. The van der Waals surface area contributed by atoms with Gasteiger partial charge in [-0.1, -0.05) is 24.3 Å². The highest BCUT2D eigenvalue weighted by Gasteiger charge is 2.09. The van der Waals surface area contributed by atoms with Crippen molar-refractivity contribution in [2.75, 3.05) is 19.6 Å². The molecular weight excluding hydrogens is 414 g/mol. The van der Waals surface area contributed by atoms with Crippen LogP contribution in [0.25, 0.3) is 12.2 Å². The molecular formula is C23H27N3O6. The first-order chi connectivity index (χ1) is 15.4. The lowest BCUT2D eigenvalue weighted by Gasteiger charge is -2.10. The molecule has 0 atom stereocenters. The number of amides is 3. The second-order valence-electron chi connectivity index (χ2n) is 6.40. The molecule has 0 saturated heterocycles. The molecule has 0 bridgehead atoms. The molecule has 0 aliphatic heterocycles. The monoisotopic (exact) mass is 441 g/mol. The van der Waals surface area contributed by atoms with Crippen LogP contribution in [-0.4, -0.2) is 37.9 Å². The average molecular weight is 441 g/mol. The first kappa shape index (κ1) is 24.3. The van der Waals surface area contributed by atoms with Crippen LogP contribution < -0.4 is 30.2 Å². The van der Waals surface area contributed by atoms with Crippen LogP contribution in [0.2, 0.25) is 0 Å². The molecule has 0 unspecified atom stereocenters. The van der Waals surface area contributed by atoms with E-state index in [1.54, 1.807) is 63.2 Å². The summed E-state index contributed by atoms with van der Waals surface area (Å²) in [4.78, 5) is 35.0. The molecule has 0 heterocycles. The van der Waals surface area contributed by atoms with Crippen molar-refractivity contribution < 1.29 is 28.6 Å². The van der Waals surface area contributed by atoms with Gasteiger partial charge in [-0.25, -0.2) is 14.4 Å². The minimum Gasteiger partial charge on any atom is -0.410 e. The molecule has 2 aromatic rings. The van der Waals surface area contributed by atoms with Gasteiger partial charge in [0.15, 0.2) is 0 Å². The zero-order valence-electron chi connectivity index (χ0n) is 18.3. The van der Waals surface area contributed by atoms with E-state index in [1.165, 1.54) is 6.07 Å². The Hall–Kier alpha value is -4.01. The second kappa shape index (κ2) is 12.6. The summed E-state index contributed by atoms with van der Waals surface area (Å²) >= 11 is 0. The maximum absolute atomic E-state index is 11.8. The van der Waals surface area contributed by atoms with Crippen molar-refractivity contribution in [3.8, 4) is 17.2 Å². The summed E-state index contributed by atoms with van der Waals surface area (Å²) in [6.45, 7) is 6.67. The summed E-state index contributed by atoms with van der Waals surface area (Å²) in [5, 5.41) is 7.63. The number of hydrogen-bond donors (Lipinski definition) is 3. The Morgan fingerprint density at radius 3 is 1.47 bits per heavy atom. The summed E-state index contributed by atoms with van der Waals surface area (Å²) < 4.78 is 15.6. The molecule has 170 valence electrons. The van der Waals surface area contributed by atoms with Crippen LogP contribution in [0.3, 0.4) is 0 Å². The zero-order valence-corrected chi connectivity index (χ0v) is 18.3. The molecule has 0 saturated carbocycles. The van der Waals surface area contributed by atoms with Gasteiger partial charge in [0.2, 0.25) is 0 Å². The van der Waals surface area contributed by atoms with E-state index in [-0.39, 0.29) is 11.5 Å². The molecule has 9 nitrogen and oxygen atoms in total. The number of ether oxygens (including phenoxy) is 3. The molecule has 0 fully saturated rings. The fourth-order valence-corrected chi connectivity index (χ4v) is 2.51. The van der Waals surface area contributed by atoms with Gasteiger partial charge in [0.1, 0.15) is 17.2 Å². The summed E-state index contributed by atoms with van der Waals surface area (Å²) in [7, 11) is 0. The van der Waals surface area contributed by atoms with Gasteiger partial charge in [0.05, 0.1) is 0 Å². The van der Waals surface area contributed by atoms with Gasteiger partial charge < -0.3 is 30.2 Å². The summed E-state index contributed by atoms with van der Waals surface area (Å²) in [5.41, 5.74) is 1.49. The average Bonchev–Trinajstić information content (AvgIpc) is 2.73. The Kier molecular flexibility index (Phi) is 9.58. The quantitative estimate of drug-likeness (QED) is 0.530. The normalized spacial score (nSPS) is 10.3. The second-order valence-corrected chi connectivity index (χ2v) is 6.40. The van der Waals surface area contributed by atoms with E-state index >= 15 is 0 Å². The van der Waals surface area contributed by atoms with E-state index < -0.39 is 18.3 Å². The Balaban J connectivity index is 2.18. The zero-order chi connectivity index (χ0) is 23.3. The van der Waals surface area contributed by atoms with Gasteiger partial charge in [-0.2, -0.15) is 0 Å². The smallest absolute Gasteiger partial charge is 0.410 e. The molecule has 2 aromatic carbocycles. The third kappa shape index (κ3) is 8.39. The summed E-state index contributed by atoms with van der Waals surface area (Å²) in [6, 6.07) is 11.7. The van der Waals surface area contributed by atoms with Crippen molar-refractivity contribution in [2.45, 2.75) is 20.8 Å². The van der Waals surface area contributed by atoms with Crippen LogP contribution in [0, 0.1) is 0 Å². The van der Waals surface area contributed by atoms with Gasteiger partial charge in [-0.05, 0) is 56.2 Å². The summed E-state index contributed by atoms with van der Waals surface area (Å²) in [5.74, 6) is 0.870. The first-order valence-electron chi connectivity index (χ1n) is 10.2. The molecule has 3 N–H and O–H groups in total. The molecule has 0 spiro atoms. The number of carbonyl (C=O) groups excluding carboxylic acids is 3. The predicted octanol–water partition coefficient (Wildman–Crippen LogP) is 4.18. The molecule has 32 heavy (non-hydrogen) atoms. The van der Waals surface area contributed by atoms with Gasteiger partial charge in [-0.15, -0.1) is 0 Å². The maximum atomic E-state index is 11.8.